The average molecular weight is 411 g/mol. The first-order valence-electron chi connectivity index (χ1n) is 10.5. The van der Waals surface area contributed by atoms with Crippen LogP contribution >= 0.6 is 11.3 Å². The zero-order chi connectivity index (χ0) is 19.8. The monoisotopic (exact) mass is 410 g/mol. The number of hydrogen-bond donors (Lipinski definition) is 2. The molecule has 0 saturated carbocycles. The molecule has 0 spiro atoms. The van der Waals surface area contributed by atoms with Crippen molar-refractivity contribution in [3.8, 4) is 11.4 Å². The largest absolute Gasteiger partial charge is 0.370 e. The van der Waals surface area contributed by atoms with Crippen LogP contribution in [-0.4, -0.2) is 53.3 Å². The topological polar surface area (TPSA) is 64.4 Å². The minimum atomic E-state index is 0.106. The summed E-state index contributed by atoms with van der Waals surface area (Å²) in [7, 11) is 0. The van der Waals surface area contributed by atoms with Gasteiger partial charge in [-0.15, -0.1) is 11.3 Å². The van der Waals surface area contributed by atoms with Crippen LogP contribution in [0.3, 0.4) is 0 Å². The highest BCUT2D eigenvalue weighted by Gasteiger charge is 2.33. The predicted octanol–water partition coefficient (Wildman–Crippen LogP) is 2.35. The molecule has 5 rings (SSSR count). The van der Waals surface area contributed by atoms with Crippen molar-refractivity contribution in [3.05, 3.63) is 35.0 Å². The van der Waals surface area contributed by atoms with Gasteiger partial charge >= 0.3 is 0 Å². The van der Waals surface area contributed by atoms with Crippen molar-refractivity contribution in [3.63, 3.8) is 0 Å². The molecule has 29 heavy (non-hydrogen) atoms. The van der Waals surface area contributed by atoms with Gasteiger partial charge in [0, 0.05) is 22.8 Å². The first kappa shape index (κ1) is 18.9. The highest BCUT2D eigenvalue weighted by molar-refractivity contribution is 7.19. The van der Waals surface area contributed by atoms with Crippen LogP contribution in [0.15, 0.2) is 24.5 Å². The molecule has 2 N–H and O–H groups in total. The molecule has 0 bridgehead atoms. The van der Waals surface area contributed by atoms with Gasteiger partial charge in [0.05, 0.1) is 25.1 Å². The second-order valence-corrected chi connectivity index (χ2v) is 9.71. The molecular formula is C22H28N5OS+. The van der Waals surface area contributed by atoms with Gasteiger partial charge in [-0.1, -0.05) is 0 Å². The lowest BCUT2D eigenvalue weighted by Gasteiger charge is -2.37. The number of hydrogen-bond acceptors (Lipinski definition) is 6. The summed E-state index contributed by atoms with van der Waals surface area (Å²) < 4.78 is 5.55. The van der Waals surface area contributed by atoms with Gasteiger partial charge in [0.2, 0.25) is 0 Å². The number of ether oxygens (including phenoxy) is 1. The number of aryl methyl sites for hydroxylation is 2. The van der Waals surface area contributed by atoms with Gasteiger partial charge in [-0.3, -0.25) is 4.98 Å². The van der Waals surface area contributed by atoms with E-state index in [1.807, 2.05) is 29.7 Å². The third kappa shape index (κ3) is 3.63. The van der Waals surface area contributed by atoms with E-state index in [4.69, 9.17) is 14.7 Å². The number of quaternary nitrogens is 1. The Bertz CT molecular complexity index is 1010. The molecule has 6 nitrogen and oxygen atoms in total. The van der Waals surface area contributed by atoms with Crippen molar-refractivity contribution in [2.24, 2.45) is 0 Å². The standard InChI is InChI=1S/C22H27N5OS/c1-22(2,27-9-11-28-12-10-27)14-24-20-18-16-6-3-7-17(16)29-21(18)26-19(25-20)15-5-4-8-23-13-15/h4-5,8,13H,3,6-7,9-12,14H2,1-2H3,(H,24,25,26)/p+1. The summed E-state index contributed by atoms with van der Waals surface area (Å²) in [5, 5.41) is 4.96. The van der Waals surface area contributed by atoms with E-state index in [-0.39, 0.29) is 5.54 Å². The third-order valence-corrected chi connectivity index (χ3v) is 7.42. The fourth-order valence-electron chi connectivity index (χ4n) is 4.47. The number of morpholine rings is 1. The van der Waals surface area contributed by atoms with Crippen LogP contribution < -0.4 is 10.2 Å². The number of pyridine rings is 1. The van der Waals surface area contributed by atoms with Crippen LogP contribution in [0.1, 0.15) is 30.7 Å². The minimum Gasteiger partial charge on any atom is -0.370 e. The third-order valence-electron chi connectivity index (χ3n) is 6.24. The van der Waals surface area contributed by atoms with E-state index >= 15 is 0 Å². The maximum absolute atomic E-state index is 5.55. The van der Waals surface area contributed by atoms with Crippen LogP contribution in [0.2, 0.25) is 0 Å². The molecule has 4 heterocycles. The van der Waals surface area contributed by atoms with E-state index < -0.39 is 0 Å². The van der Waals surface area contributed by atoms with Gasteiger partial charge in [0.1, 0.15) is 29.3 Å². The lowest BCUT2D eigenvalue weighted by molar-refractivity contribution is -0.953. The Morgan fingerprint density at radius 2 is 2.07 bits per heavy atom. The lowest BCUT2D eigenvalue weighted by Crippen LogP contribution is -3.21. The quantitative estimate of drug-likeness (QED) is 0.676. The summed E-state index contributed by atoms with van der Waals surface area (Å²) in [4.78, 5) is 18.3. The summed E-state index contributed by atoms with van der Waals surface area (Å²) >= 11 is 1.84. The van der Waals surface area contributed by atoms with Crippen LogP contribution in [0.25, 0.3) is 21.6 Å². The molecule has 2 aliphatic rings. The van der Waals surface area contributed by atoms with E-state index in [0.717, 1.165) is 61.3 Å². The Labute approximate surface area is 175 Å². The summed E-state index contributed by atoms with van der Waals surface area (Å²) in [5.41, 5.74) is 2.53. The Morgan fingerprint density at radius 1 is 1.21 bits per heavy atom. The van der Waals surface area contributed by atoms with Crippen molar-refractivity contribution in [2.75, 3.05) is 38.2 Å². The number of nitrogens with zero attached hydrogens (tertiary/aromatic N) is 3. The molecule has 1 fully saturated rings. The highest BCUT2D eigenvalue weighted by Crippen LogP contribution is 2.40. The maximum Gasteiger partial charge on any atom is 0.164 e. The molecule has 1 saturated heterocycles. The van der Waals surface area contributed by atoms with Crippen molar-refractivity contribution in [2.45, 2.75) is 38.6 Å². The fraction of sp³-hybridized carbons (Fsp3) is 0.500. The fourth-order valence-corrected chi connectivity index (χ4v) is 5.73. The normalized spacial score (nSPS) is 17.6. The second kappa shape index (κ2) is 7.63. The second-order valence-electron chi connectivity index (χ2n) is 8.63. The summed E-state index contributed by atoms with van der Waals surface area (Å²) in [5.74, 6) is 1.73. The van der Waals surface area contributed by atoms with Crippen molar-refractivity contribution < 1.29 is 9.64 Å². The molecule has 0 aromatic carbocycles. The van der Waals surface area contributed by atoms with Crippen molar-refractivity contribution in [1.82, 2.24) is 15.0 Å². The van der Waals surface area contributed by atoms with Crippen molar-refractivity contribution >= 4 is 27.4 Å². The Morgan fingerprint density at radius 3 is 2.86 bits per heavy atom. The Kier molecular flexibility index (Phi) is 4.97. The van der Waals surface area contributed by atoms with Gasteiger partial charge < -0.3 is 15.0 Å². The molecule has 0 unspecified atom stereocenters. The molecule has 0 atom stereocenters. The highest BCUT2D eigenvalue weighted by atomic mass is 32.1. The van der Waals surface area contributed by atoms with Crippen molar-refractivity contribution in [1.29, 1.82) is 0 Å². The van der Waals surface area contributed by atoms with E-state index in [9.17, 15) is 0 Å². The number of aromatic nitrogens is 3. The average Bonchev–Trinajstić information content (AvgIpc) is 3.34. The first-order chi connectivity index (χ1) is 14.1. The van der Waals surface area contributed by atoms with Crippen LogP contribution in [-0.2, 0) is 17.6 Å². The van der Waals surface area contributed by atoms with E-state index in [2.05, 4.69) is 24.1 Å². The first-order valence-corrected chi connectivity index (χ1v) is 11.3. The number of rotatable bonds is 5. The van der Waals surface area contributed by atoms with Gasteiger partial charge in [-0.05, 0) is 50.8 Å². The molecular weight excluding hydrogens is 382 g/mol. The van der Waals surface area contributed by atoms with E-state index in [1.165, 1.54) is 28.7 Å². The zero-order valence-corrected chi connectivity index (χ0v) is 17.9. The molecule has 3 aromatic rings. The number of anilines is 1. The van der Waals surface area contributed by atoms with E-state index in [1.54, 1.807) is 11.1 Å². The van der Waals surface area contributed by atoms with Gasteiger partial charge in [-0.25, -0.2) is 9.97 Å². The lowest BCUT2D eigenvalue weighted by atomic mass is 10.0. The smallest absolute Gasteiger partial charge is 0.164 e. The van der Waals surface area contributed by atoms with Gasteiger partial charge in [0.15, 0.2) is 5.82 Å². The molecule has 0 radical (unpaired) electrons. The Balaban J connectivity index is 1.51. The Hall–Kier alpha value is -2.09. The summed E-state index contributed by atoms with van der Waals surface area (Å²) in [6.45, 7) is 9.34. The zero-order valence-electron chi connectivity index (χ0n) is 17.1. The molecule has 0 amide bonds. The molecule has 3 aromatic heterocycles. The maximum atomic E-state index is 5.55. The molecule has 152 valence electrons. The van der Waals surface area contributed by atoms with Crippen LogP contribution in [0.5, 0.6) is 0 Å². The summed E-state index contributed by atoms with van der Waals surface area (Å²) in [6.07, 6.45) is 7.17. The van der Waals surface area contributed by atoms with Gasteiger partial charge in [-0.2, -0.15) is 0 Å². The summed E-state index contributed by atoms with van der Waals surface area (Å²) in [6, 6.07) is 3.97. The van der Waals surface area contributed by atoms with Crippen LogP contribution in [0.4, 0.5) is 5.82 Å². The predicted molar refractivity (Wildman–Crippen MR) is 117 cm³/mol. The van der Waals surface area contributed by atoms with Gasteiger partial charge in [0.25, 0.3) is 0 Å². The van der Waals surface area contributed by atoms with E-state index in [0.29, 0.717) is 0 Å². The SMILES string of the molecule is CC(C)(CNc1nc(-c2cccnc2)nc2sc3c(c12)CCC3)[NH+]1CCOCC1. The molecule has 1 aliphatic carbocycles. The minimum absolute atomic E-state index is 0.106. The molecule has 7 heteroatoms. The van der Waals surface area contributed by atoms with Crippen LogP contribution in [0, 0.1) is 0 Å². The number of thiophene rings is 1. The number of nitrogens with one attached hydrogen (secondary N) is 2. The molecule has 1 aliphatic heterocycles. The number of fused-ring (bicyclic) bond motifs is 3.